The molecule has 0 atom stereocenters. The summed E-state index contributed by atoms with van der Waals surface area (Å²) in [5.41, 5.74) is 1.73. The molecule has 0 unspecified atom stereocenters. The van der Waals surface area contributed by atoms with Crippen molar-refractivity contribution < 1.29 is 14.3 Å². The van der Waals surface area contributed by atoms with Crippen molar-refractivity contribution in [2.75, 3.05) is 0 Å². The molecule has 1 N–H and O–H groups in total. The van der Waals surface area contributed by atoms with Crippen LogP contribution in [0.15, 0.2) is 57.7 Å². The molecule has 0 aliphatic carbocycles. The topological polar surface area (TPSA) is 59.7 Å². The molecule has 0 saturated heterocycles. The molecule has 0 amide bonds. The number of ether oxygens (including phenoxy) is 1. The third-order valence-corrected chi connectivity index (χ3v) is 3.27. The lowest BCUT2D eigenvalue weighted by Gasteiger charge is -2.09. The van der Waals surface area contributed by atoms with Gasteiger partial charge in [-0.3, -0.25) is 0 Å². The number of hydrogen-bond donors (Lipinski definition) is 1. The van der Waals surface area contributed by atoms with Crippen LogP contribution in [0.1, 0.15) is 11.1 Å². The summed E-state index contributed by atoms with van der Waals surface area (Å²) in [7, 11) is 0. The monoisotopic (exact) mass is 282 g/mol. The van der Waals surface area contributed by atoms with E-state index in [1.807, 2.05) is 30.3 Å². The summed E-state index contributed by atoms with van der Waals surface area (Å²) in [5.74, 6) is 0.315. The zero-order chi connectivity index (χ0) is 14.8. The summed E-state index contributed by atoms with van der Waals surface area (Å²) in [6.07, 6.45) is 0. The van der Waals surface area contributed by atoms with Gasteiger partial charge >= 0.3 is 5.63 Å². The second-order valence-corrected chi connectivity index (χ2v) is 4.84. The minimum Gasteiger partial charge on any atom is -0.504 e. The normalized spacial score (nSPS) is 10.7. The number of hydrogen-bond acceptors (Lipinski definition) is 4. The number of fused-ring (bicyclic) bond motifs is 1. The molecule has 0 spiro atoms. The Bertz CT molecular complexity index is 835. The lowest BCUT2D eigenvalue weighted by atomic mass is 10.1. The van der Waals surface area contributed by atoms with Crippen molar-refractivity contribution in [1.29, 1.82) is 0 Å². The van der Waals surface area contributed by atoms with Gasteiger partial charge in [-0.2, -0.15) is 0 Å². The number of phenols is 1. The summed E-state index contributed by atoms with van der Waals surface area (Å²) < 4.78 is 10.7. The maximum atomic E-state index is 11.4. The van der Waals surface area contributed by atoms with Gasteiger partial charge in [0.05, 0.1) is 0 Å². The molecule has 3 rings (SSSR count). The minimum atomic E-state index is -0.417. The number of rotatable bonds is 3. The fourth-order valence-electron chi connectivity index (χ4n) is 2.19. The first-order valence-corrected chi connectivity index (χ1v) is 6.58. The van der Waals surface area contributed by atoms with Gasteiger partial charge in [0.2, 0.25) is 0 Å². The van der Waals surface area contributed by atoms with Crippen LogP contribution in [0.25, 0.3) is 11.0 Å². The van der Waals surface area contributed by atoms with Crippen molar-refractivity contribution in [2.45, 2.75) is 13.5 Å². The molecular weight excluding hydrogens is 268 g/mol. The molecule has 1 aromatic heterocycles. The molecule has 4 heteroatoms. The first kappa shape index (κ1) is 13.2. The predicted molar refractivity (Wildman–Crippen MR) is 79.7 cm³/mol. The van der Waals surface area contributed by atoms with Gasteiger partial charge in [-0.05, 0) is 24.1 Å². The average Bonchev–Trinajstić information content (AvgIpc) is 2.47. The maximum Gasteiger partial charge on any atom is 0.336 e. The highest BCUT2D eigenvalue weighted by atomic mass is 16.5. The Morgan fingerprint density at radius 2 is 1.90 bits per heavy atom. The molecule has 3 aromatic rings. The molecular formula is C17H14O4. The van der Waals surface area contributed by atoms with Crippen LogP contribution in [0, 0.1) is 6.92 Å². The molecule has 0 aliphatic rings. The van der Waals surface area contributed by atoms with Crippen molar-refractivity contribution >= 4 is 11.0 Å². The molecule has 0 saturated carbocycles. The highest BCUT2D eigenvalue weighted by Crippen LogP contribution is 2.32. The number of phenolic OH excluding ortho intramolecular Hbond substituents is 1. The van der Waals surface area contributed by atoms with Crippen molar-refractivity contribution in [3.8, 4) is 11.5 Å². The summed E-state index contributed by atoms with van der Waals surface area (Å²) in [6, 6.07) is 14.1. The summed E-state index contributed by atoms with van der Waals surface area (Å²) in [4.78, 5) is 11.4. The Labute approximate surface area is 121 Å². The standard InChI is InChI=1S/C17H14O4/c1-11-7-17(19)21-15-9-16(14(18)8-13(11)15)20-10-12-5-3-2-4-6-12/h2-9,18H,10H2,1H3. The van der Waals surface area contributed by atoms with Crippen molar-refractivity contribution in [3.63, 3.8) is 0 Å². The Kier molecular flexibility index (Phi) is 3.36. The first-order chi connectivity index (χ1) is 10.1. The SMILES string of the molecule is Cc1cc(=O)oc2cc(OCc3ccccc3)c(O)cc12. The van der Waals surface area contributed by atoms with Crippen LogP contribution in [0.2, 0.25) is 0 Å². The number of aromatic hydroxyl groups is 1. The molecule has 2 aromatic carbocycles. The van der Waals surface area contributed by atoms with E-state index >= 15 is 0 Å². The predicted octanol–water partition coefficient (Wildman–Crippen LogP) is 3.39. The third-order valence-electron chi connectivity index (χ3n) is 3.27. The number of aryl methyl sites for hydroxylation is 1. The molecule has 0 radical (unpaired) electrons. The van der Waals surface area contributed by atoms with Gasteiger partial charge in [0.25, 0.3) is 0 Å². The highest BCUT2D eigenvalue weighted by Gasteiger charge is 2.09. The molecule has 0 aliphatic heterocycles. The zero-order valence-electron chi connectivity index (χ0n) is 11.5. The minimum absolute atomic E-state index is 0.0235. The average molecular weight is 282 g/mol. The van der Waals surface area contributed by atoms with Crippen LogP contribution < -0.4 is 10.4 Å². The smallest absolute Gasteiger partial charge is 0.336 e. The maximum absolute atomic E-state index is 11.4. The van der Waals surface area contributed by atoms with E-state index in [2.05, 4.69) is 0 Å². The summed E-state index contributed by atoms with van der Waals surface area (Å²) in [5, 5.41) is 10.7. The van der Waals surface area contributed by atoms with Gasteiger partial charge < -0.3 is 14.3 Å². The van der Waals surface area contributed by atoms with Crippen LogP contribution in [-0.4, -0.2) is 5.11 Å². The third kappa shape index (κ3) is 2.74. The molecule has 0 bridgehead atoms. The van der Waals surface area contributed by atoms with E-state index in [4.69, 9.17) is 9.15 Å². The van der Waals surface area contributed by atoms with Gasteiger partial charge in [0, 0.05) is 17.5 Å². The van der Waals surface area contributed by atoms with E-state index in [0.717, 1.165) is 11.1 Å². The quantitative estimate of drug-likeness (QED) is 0.748. The Morgan fingerprint density at radius 3 is 2.67 bits per heavy atom. The molecule has 21 heavy (non-hydrogen) atoms. The fraction of sp³-hybridized carbons (Fsp3) is 0.118. The van der Waals surface area contributed by atoms with E-state index in [-0.39, 0.29) is 5.75 Å². The van der Waals surface area contributed by atoms with Crippen LogP contribution in [0.5, 0.6) is 11.5 Å². The van der Waals surface area contributed by atoms with Crippen molar-refractivity contribution in [2.24, 2.45) is 0 Å². The van der Waals surface area contributed by atoms with Gasteiger partial charge in [0.15, 0.2) is 11.5 Å². The highest BCUT2D eigenvalue weighted by molar-refractivity contribution is 5.83. The van der Waals surface area contributed by atoms with Gasteiger partial charge in [-0.25, -0.2) is 4.79 Å². The Hall–Kier alpha value is -2.75. The fourth-order valence-corrected chi connectivity index (χ4v) is 2.19. The largest absolute Gasteiger partial charge is 0.504 e. The molecule has 106 valence electrons. The van der Waals surface area contributed by atoms with E-state index in [9.17, 15) is 9.90 Å². The van der Waals surface area contributed by atoms with E-state index in [1.54, 1.807) is 19.1 Å². The van der Waals surface area contributed by atoms with Crippen LogP contribution in [-0.2, 0) is 6.61 Å². The van der Waals surface area contributed by atoms with Crippen LogP contribution in [0.4, 0.5) is 0 Å². The Balaban J connectivity index is 1.95. The lowest BCUT2D eigenvalue weighted by molar-refractivity contribution is 0.289. The second-order valence-electron chi connectivity index (χ2n) is 4.84. The van der Waals surface area contributed by atoms with E-state index in [1.165, 1.54) is 6.07 Å². The first-order valence-electron chi connectivity index (χ1n) is 6.58. The molecule has 4 nitrogen and oxygen atoms in total. The number of benzene rings is 2. The van der Waals surface area contributed by atoms with Crippen molar-refractivity contribution in [1.82, 2.24) is 0 Å². The van der Waals surface area contributed by atoms with E-state index < -0.39 is 5.63 Å². The van der Waals surface area contributed by atoms with Crippen molar-refractivity contribution in [3.05, 3.63) is 70.1 Å². The van der Waals surface area contributed by atoms with Gasteiger partial charge in [-0.1, -0.05) is 30.3 Å². The lowest BCUT2D eigenvalue weighted by Crippen LogP contribution is -1.99. The van der Waals surface area contributed by atoms with E-state index in [0.29, 0.717) is 23.3 Å². The second kappa shape index (κ2) is 5.32. The van der Waals surface area contributed by atoms with Crippen LogP contribution in [0.3, 0.4) is 0 Å². The van der Waals surface area contributed by atoms with Crippen LogP contribution >= 0.6 is 0 Å². The molecule has 1 heterocycles. The summed E-state index contributed by atoms with van der Waals surface area (Å²) in [6.45, 7) is 2.12. The Morgan fingerprint density at radius 1 is 1.14 bits per heavy atom. The van der Waals surface area contributed by atoms with Gasteiger partial charge in [0.1, 0.15) is 12.2 Å². The summed E-state index contributed by atoms with van der Waals surface area (Å²) >= 11 is 0. The molecule has 0 fully saturated rings. The zero-order valence-corrected chi connectivity index (χ0v) is 11.5. The van der Waals surface area contributed by atoms with Gasteiger partial charge in [-0.15, -0.1) is 0 Å².